The zero-order valence-corrected chi connectivity index (χ0v) is 7.19. The topological polar surface area (TPSA) is 47.8 Å². The van der Waals surface area contributed by atoms with Crippen molar-refractivity contribution in [2.45, 2.75) is 20.3 Å². The number of hydrogen-bond acceptors (Lipinski definition) is 3. The molecule has 4 heteroatoms. The molecule has 1 heterocycles. The monoisotopic (exact) mass is 165 g/mol. The second-order valence-electron chi connectivity index (χ2n) is 2.29. The summed E-state index contributed by atoms with van der Waals surface area (Å²) in [6.07, 6.45) is 5.15. The van der Waals surface area contributed by atoms with Crippen LogP contribution in [0.1, 0.15) is 20.3 Å². The highest BCUT2D eigenvalue weighted by Crippen LogP contribution is 2.04. The molecule has 0 saturated carbocycles. The maximum Gasteiger partial charge on any atom is 0.180 e. The van der Waals surface area contributed by atoms with Gasteiger partial charge in [0.25, 0.3) is 0 Å². The number of ketones is 1. The molecule has 0 radical (unpaired) electrons. The minimum absolute atomic E-state index is 0.0722. The maximum atomic E-state index is 11.3. The van der Waals surface area contributed by atoms with Gasteiger partial charge in [0.1, 0.15) is 18.4 Å². The van der Waals surface area contributed by atoms with E-state index in [0.29, 0.717) is 12.1 Å². The fraction of sp³-hybridized carbons (Fsp3) is 0.375. The van der Waals surface area contributed by atoms with Gasteiger partial charge in [-0.15, -0.1) is 0 Å². The minimum Gasteiger partial charge on any atom is -0.292 e. The maximum absolute atomic E-state index is 11.3. The van der Waals surface area contributed by atoms with Gasteiger partial charge in [0, 0.05) is 6.42 Å². The molecule has 12 heavy (non-hydrogen) atoms. The molecule has 0 amide bonds. The van der Waals surface area contributed by atoms with E-state index in [9.17, 15) is 4.79 Å². The van der Waals surface area contributed by atoms with Crippen LogP contribution < -0.4 is 0 Å². The molecule has 0 aromatic carbocycles. The zero-order chi connectivity index (χ0) is 8.97. The molecule has 1 aromatic rings. The number of nitrogens with zero attached hydrogens (tertiary/aromatic N) is 3. The van der Waals surface area contributed by atoms with Crippen LogP contribution in [-0.2, 0) is 4.79 Å². The Balaban J connectivity index is 2.93. The summed E-state index contributed by atoms with van der Waals surface area (Å²) in [6.45, 7) is 3.63. The molecule has 1 aromatic heterocycles. The smallest absolute Gasteiger partial charge is 0.180 e. The summed E-state index contributed by atoms with van der Waals surface area (Å²) in [5.41, 5.74) is 0.579. The van der Waals surface area contributed by atoms with Crippen LogP contribution in [0.2, 0.25) is 0 Å². The molecule has 0 atom stereocenters. The molecule has 64 valence electrons. The molecule has 0 aliphatic heterocycles. The molecular formula is C8H11N3O. The zero-order valence-electron chi connectivity index (χ0n) is 7.19. The first-order valence-corrected chi connectivity index (χ1v) is 3.84. The third-order valence-corrected chi connectivity index (χ3v) is 1.55. The van der Waals surface area contributed by atoms with Crippen molar-refractivity contribution in [3.63, 3.8) is 0 Å². The van der Waals surface area contributed by atoms with E-state index >= 15 is 0 Å². The van der Waals surface area contributed by atoms with E-state index in [-0.39, 0.29) is 5.78 Å². The lowest BCUT2D eigenvalue weighted by molar-refractivity contribution is -0.113. The molecule has 4 nitrogen and oxygen atoms in total. The number of carbonyl (C=O) groups excluding carboxylic acids is 1. The highest BCUT2D eigenvalue weighted by molar-refractivity contribution is 6.14. The van der Waals surface area contributed by atoms with E-state index < -0.39 is 0 Å². The van der Waals surface area contributed by atoms with Crippen molar-refractivity contribution in [3.05, 3.63) is 18.7 Å². The minimum atomic E-state index is 0.0722. The average Bonchev–Trinajstić information content (AvgIpc) is 2.58. The van der Waals surface area contributed by atoms with Gasteiger partial charge in [-0.2, -0.15) is 5.10 Å². The Morgan fingerprint density at radius 3 is 2.83 bits per heavy atom. The van der Waals surface area contributed by atoms with Gasteiger partial charge >= 0.3 is 0 Å². The van der Waals surface area contributed by atoms with Crippen molar-refractivity contribution >= 4 is 11.5 Å². The lowest BCUT2D eigenvalue weighted by Crippen LogP contribution is -2.07. The standard InChI is InChI=1S/C8H11N3O/c1-3-7(8(12)4-2)11-6-9-5-10-11/h3,5-6H,4H2,1-2H3. The van der Waals surface area contributed by atoms with Gasteiger partial charge in [0.05, 0.1) is 0 Å². The van der Waals surface area contributed by atoms with Gasteiger partial charge in [-0.3, -0.25) is 4.79 Å². The Morgan fingerprint density at radius 1 is 1.67 bits per heavy atom. The lowest BCUT2D eigenvalue weighted by Gasteiger charge is -2.01. The summed E-state index contributed by atoms with van der Waals surface area (Å²) in [5.74, 6) is 0.0722. The second-order valence-corrected chi connectivity index (χ2v) is 2.29. The predicted octanol–water partition coefficient (Wildman–Crippen LogP) is 1.12. The first-order chi connectivity index (χ1) is 5.79. The van der Waals surface area contributed by atoms with Crippen LogP contribution in [0.3, 0.4) is 0 Å². The van der Waals surface area contributed by atoms with Gasteiger partial charge < -0.3 is 0 Å². The molecule has 0 aliphatic carbocycles. The highest BCUT2D eigenvalue weighted by Gasteiger charge is 2.07. The Bertz CT molecular complexity index is 287. The summed E-state index contributed by atoms with van der Waals surface area (Å²) >= 11 is 0. The predicted molar refractivity (Wildman–Crippen MR) is 45.3 cm³/mol. The average molecular weight is 165 g/mol. The van der Waals surface area contributed by atoms with Crippen LogP contribution in [0, 0.1) is 0 Å². The number of Topliss-reactive ketones (excluding diaryl/α,β-unsaturated/α-hetero) is 1. The normalized spacial score (nSPS) is 11.7. The molecule has 0 unspecified atom stereocenters. The van der Waals surface area contributed by atoms with E-state index in [1.807, 2.05) is 13.8 Å². The van der Waals surface area contributed by atoms with Crippen LogP contribution in [0.5, 0.6) is 0 Å². The molecule has 0 fully saturated rings. The van der Waals surface area contributed by atoms with Crippen LogP contribution in [-0.4, -0.2) is 20.5 Å². The van der Waals surface area contributed by atoms with Gasteiger partial charge in [-0.25, -0.2) is 9.67 Å². The number of aromatic nitrogens is 3. The van der Waals surface area contributed by atoms with E-state index in [0.717, 1.165) is 0 Å². The van der Waals surface area contributed by atoms with Crippen molar-refractivity contribution in [1.29, 1.82) is 0 Å². The van der Waals surface area contributed by atoms with Crippen molar-refractivity contribution < 1.29 is 4.79 Å². The fourth-order valence-electron chi connectivity index (χ4n) is 0.935. The van der Waals surface area contributed by atoms with E-state index in [1.165, 1.54) is 17.3 Å². The number of hydrogen-bond donors (Lipinski definition) is 0. The van der Waals surface area contributed by atoms with Crippen LogP contribution in [0.4, 0.5) is 0 Å². The number of rotatable bonds is 3. The van der Waals surface area contributed by atoms with Gasteiger partial charge in [-0.1, -0.05) is 13.0 Å². The Kier molecular flexibility index (Phi) is 2.74. The lowest BCUT2D eigenvalue weighted by atomic mass is 10.2. The SMILES string of the molecule is CC=C(C(=O)CC)n1cncn1. The summed E-state index contributed by atoms with van der Waals surface area (Å²) in [5, 5.41) is 3.87. The van der Waals surface area contributed by atoms with Crippen LogP contribution >= 0.6 is 0 Å². The number of allylic oxidation sites excluding steroid dienone is 2. The molecule has 0 spiro atoms. The molecule has 0 aliphatic rings. The fourth-order valence-corrected chi connectivity index (χ4v) is 0.935. The van der Waals surface area contributed by atoms with Crippen molar-refractivity contribution in [1.82, 2.24) is 14.8 Å². The van der Waals surface area contributed by atoms with E-state index in [1.54, 1.807) is 6.08 Å². The summed E-state index contributed by atoms with van der Waals surface area (Å²) in [4.78, 5) is 15.1. The Hall–Kier alpha value is -1.45. The highest BCUT2D eigenvalue weighted by atomic mass is 16.1. The van der Waals surface area contributed by atoms with Crippen molar-refractivity contribution in [2.24, 2.45) is 0 Å². The second kappa shape index (κ2) is 3.80. The molecule has 1 rings (SSSR count). The van der Waals surface area contributed by atoms with E-state index in [2.05, 4.69) is 10.1 Å². The molecule has 0 N–H and O–H groups in total. The Morgan fingerprint density at radius 2 is 2.42 bits per heavy atom. The molecule has 0 bridgehead atoms. The first kappa shape index (κ1) is 8.64. The quantitative estimate of drug-likeness (QED) is 0.630. The van der Waals surface area contributed by atoms with Crippen molar-refractivity contribution in [2.75, 3.05) is 0 Å². The third-order valence-electron chi connectivity index (χ3n) is 1.55. The van der Waals surface area contributed by atoms with Crippen LogP contribution in [0.25, 0.3) is 5.70 Å². The largest absolute Gasteiger partial charge is 0.292 e. The molecule has 0 saturated heterocycles. The van der Waals surface area contributed by atoms with Gasteiger partial charge in [-0.05, 0) is 6.92 Å². The third kappa shape index (κ3) is 1.58. The van der Waals surface area contributed by atoms with Crippen molar-refractivity contribution in [3.8, 4) is 0 Å². The summed E-state index contributed by atoms with van der Waals surface area (Å²) in [6, 6.07) is 0. The molecular weight excluding hydrogens is 154 g/mol. The van der Waals surface area contributed by atoms with Gasteiger partial charge in [0.15, 0.2) is 5.78 Å². The Labute approximate surface area is 70.9 Å². The first-order valence-electron chi connectivity index (χ1n) is 3.84. The van der Waals surface area contributed by atoms with E-state index in [4.69, 9.17) is 0 Å². The number of carbonyl (C=O) groups is 1. The van der Waals surface area contributed by atoms with Gasteiger partial charge in [0.2, 0.25) is 0 Å². The van der Waals surface area contributed by atoms with Crippen LogP contribution in [0.15, 0.2) is 18.7 Å². The summed E-state index contributed by atoms with van der Waals surface area (Å²) < 4.78 is 1.48. The summed E-state index contributed by atoms with van der Waals surface area (Å²) in [7, 11) is 0.